The summed E-state index contributed by atoms with van der Waals surface area (Å²) in [5.41, 5.74) is 2.56. The Hall–Kier alpha value is -4.78. The molecule has 13 heteroatoms. The number of hydrogen-bond acceptors (Lipinski definition) is 9. The number of benzene rings is 3. The molecule has 0 saturated heterocycles. The average Bonchev–Trinajstić information content (AvgIpc) is 2.96. The van der Waals surface area contributed by atoms with E-state index in [-0.39, 0.29) is 11.3 Å². The van der Waals surface area contributed by atoms with Crippen LogP contribution in [-0.2, 0) is 10.5 Å². The standard InChI is InChI=1S/C27H27N5O7S/c1-2-12-39-24-10-8-19(9-11-24)16-28-30-27(34)25(18-40-17-20-6-4-3-5-7-20)29-26(33)21-13-22(31(35)36)15-23(14-21)32(37)38/h3-11,13-16,25H,2,12,17-18H2,1H3,(H,29,33)(H,30,34)/b28-16+. The van der Waals surface area contributed by atoms with Gasteiger partial charge < -0.3 is 10.1 Å². The topological polar surface area (TPSA) is 166 Å². The minimum Gasteiger partial charge on any atom is -0.494 e. The zero-order valence-corrected chi connectivity index (χ0v) is 22.3. The molecule has 0 fully saturated rings. The van der Waals surface area contributed by atoms with Gasteiger partial charge in [-0.3, -0.25) is 29.8 Å². The number of nitrogens with zero attached hydrogens (tertiary/aromatic N) is 3. The highest BCUT2D eigenvalue weighted by Crippen LogP contribution is 2.23. The van der Waals surface area contributed by atoms with Crippen molar-refractivity contribution < 1.29 is 24.2 Å². The molecule has 0 bridgehead atoms. The molecular weight excluding hydrogens is 538 g/mol. The molecule has 0 aliphatic rings. The van der Waals surface area contributed by atoms with Crippen LogP contribution in [0.5, 0.6) is 5.75 Å². The van der Waals surface area contributed by atoms with E-state index in [9.17, 15) is 29.8 Å². The number of non-ortho nitro benzene ring substituents is 2. The molecule has 0 saturated carbocycles. The lowest BCUT2D eigenvalue weighted by atomic mass is 10.1. The second-order valence-electron chi connectivity index (χ2n) is 8.43. The third-order valence-corrected chi connectivity index (χ3v) is 6.45. The third-order valence-electron chi connectivity index (χ3n) is 5.35. The van der Waals surface area contributed by atoms with Crippen molar-refractivity contribution in [2.45, 2.75) is 25.1 Å². The molecule has 0 radical (unpaired) electrons. The summed E-state index contributed by atoms with van der Waals surface area (Å²) in [6.45, 7) is 2.61. The third kappa shape index (κ3) is 9.20. The van der Waals surface area contributed by atoms with Crippen molar-refractivity contribution in [1.29, 1.82) is 0 Å². The predicted molar refractivity (Wildman–Crippen MR) is 152 cm³/mol. The van der Waals surface area contributed by atoms with Gasteiger partial charge in [0.25, 0.3) is 23.2 Å². The number of ether oxygens (including phenoxy) is 1. The second kappa shape index (κ2) is 15.0. The van der Waals surface area contributed by atoms with Crippen LogP contribution in [0.3, 0.4) is 0 Å². The van der Waals surface area contributed by atoms with Crippen molar-refractivity contribution in [3.63, 3.8) is 0 Å². The molecule has 0 aliphatic carbocycles. The Morgan fingerprint density at radius 2 is 1.65 bits per heavy atom. The van der Waals surface area contributed by atoms with E-state index in [1.165, 1.54) is 18.0 Å². The van der Waals surface area contributed by atoms with Crippen molar-refractivity contribution >= 4 is 41.2 Å². The smallest absolute Gasteiger partial charge is 0.277 e. The van der Waals surface area contributed by atoms with Crippen LogP contribution >= 0.6 is 11.8 Å². The number of rotatable bonds is 14. The quantitative estimate of drug-likeness (QED) is 0.164. The van der Waals surface area contributed by atoms with Crippen LogP contribution in [0, 0.1) is 20.2 Å². The highest BCUT2D eigenvalue weighted by Gasteiger charge is 2.25. The van der Waals surface area contributed by atoms with Crippen LogP contribution in [0.4, 0.5) is 11.4 Å². The molecule has 208 valence electrons. The maximum atomic E-state index is 13.0. The number of carbonyl (C=O) groups excluding carboxylic acids is 2. The fraction of sp³-hybridized carbons (Fsp3) is 0.222. The van der Waals surface area contributed by atoms with E-state index in [0.717, 1.165) is 30.2 Å². The van der Waals surface area contributed by atoms with Gasteiger partial charge in [-0.05, 0) is 41.8 Å². The minimum atomic E-state index is -1.10. The lowest BCUT2D eigenvalue weighted by Gasteiger charge is -2.17. The average molecular weight is 566 g/mol. The Morgan fingerprint density at radius 3 is 2.25 bits per heavy atom. The minimum absolute atomic E-state index is 0.141. The van der Waals surface area contributed by atoms with Gasteiger partial charge in [-0.1, -0.05) is 37.3 Å². The van der Waals surface area contributed by atoms with Crippen LogP contribution < -0.4 is 15.5 Å². The van der Waals surface area contributed by atoms with E-state index in [2.05, 4.69) is 15.8 Å². The zero-order valence-electron chi connectivity index (χ0n) is 21.5. The molecule has 0 aliphatic heterocycles. The van der Waals surface area contributed by atoms with Crippen molar-refractivity contribution in [2.75, 3.05) is 12.4 Å². The normalized spacial score (nSPS) is 11.5. The van der Waals surface area contributed by atoms with Crippen molar-refractivity contribution in [1.82, 2.24) is 10.7 Å². The maximum Gasteiger partial charge on any atom is 0.277 e. The molecule has 1 atom stereocenters. The molecule has 2 N–H and O–H groups in total. The molecule has 0 heterocycles. The SMILES string of the molecule is CCCOc1ccc(/C=N/NC(=O)C(CSCc2ccccc2)NC(=O)c2cc([N+](=O)[O-])cc([N+](=O)[O-])c2)cc1. The van der Waals surface area contributed by atoms with Gasteiger partial charge in [0, 0.05) is 23.6 Å². The molecule has 3 rings (SSSR count). The Balaban J connectivity index is 1.72. The van der Waals surface area contributed by atoms with Gasteiger partial charge in [-0.25, -0.2) is 5.43 Å². The fourth-order valence-corrected chi connectivity index (χ4v) is 4.37. The van der Waals surface area contributed by atoms with E-state index in [1.807, 2.05) is 37.3 Å². The lowest BCUT2D eigenvalue weighted by Crippen LogP contribution is -2.47. The molecule has 2 amide bonds. The predicted octanol–water partition coefficient (Wildman–Crippen LogP) is 4.47. The van der Waals surface area contributed by atoms with Gasteiger partial charge >= 0.3 is 0 Å². The molecule has 0 spiro atoms. The van der Waals surface area contributed by atoms with E-state index in [1.54, 1.807) is 24.3 Å². The van der Waals surface area contributed by atoms with Crippen LogP contribution in [0.15, 0.2) is 77.9 Å². The van der Waals surface area contributed by atoms with Crippen LogP contribution in [0.25, 0.3) is 0 Å². The van der Waals surface area contributed by atoms with Crippen molar-refractivity contribution in [3.8, 4) is 5.75 Å². The maximum absolute atomic E-state index is 13.0. The Labute approximate surface area is 234 Å². The van der Waals surface area contributed by atoms with Gasteiger partial charge in [0.1, 0.15) is 11.8 Å². The summed E-state index contributed by atoms with van der Waals surface area (Å²) < 4.78 is 5.54. The Kier molecular flexibility index (Phi) is 11.1. The Bertz CT molecular complexity index is 1340. The summed E-state index contributed by atoms with van der Waals surface area (Å²) in [7, 11) is 0. The molecule has 0 aromatic heterocycles. The summed E-state index contributed by atoms with van der Waals surface area (Å²) in [5, 5.41) is 28.9. The van der Waals surface area contributed by atoms with E-state index >= 15 is 0 Å². The molecule has 1 unspecified atom stereocenters. The summed E-state index contributed by atoms with van der Waals surface area (Å²) in [5.74, 6) is -0.101. The summed E-state index contributed by atoms with van der Waals surface area (Å²) in [6.07, 6.45) is 2.32. The van der Waals surface area contributed by atoms with Gasteiger partial charge in [-0.2, -0.15) is 16.9 Å². The number of nitro groups is 2. The molecule has 3 aromatic rings. The fourth-order valence-electron chi connectivity index (χ4n) is 3.35. The monoisotopic (exact) mass is 565 g/mol. The van der Waals surface area contributed by atoms with Crippen LogP contribution in [0.2, 0.25) is 0 Å². The van der Waals surface area contributed by atoms with Crippen LogP contribution in [-0.4, -0.2) is 46.3 Å². The lowest BCUT2D eigenvalue weighted by molar-refractivity contribution is -0.394. The molecule has 40 heavy (non-hydrogen) atoms. The second-order valence-corrected chi connectivity index (χ2v) is 9.46. The number of thioether (sulfide) groups is 1. The highest BCUT2D eigenvalue weighted by molar-refractivity contribution is 7.98. The van der Waals surface area contributed by atoms with Gasteiger partial charge in [0.05, 0.1) is 34.3 Å². The zero-order chi connectivity index (χ0) is 28.9. The van der Waals surface area contributed by atoms with E-state index < -0.39 is 39.1 Å². The van der Waals surface area contributed by atoms with Gasteiger partial charge in [0.2, 0.25) is 0 Å². The highest BCUT2D eigenvalue weighted by atomic mass is 32.2. The number of hydrogen-bond donors (Lipinski definition) is 2. The first-order valence-electron chi connectivity index (χ1n) is 12.2. The van der Waals surface area contributed by atoms with Gasteiger partial charge in [-0.15, -0.1) is 0 Å². The molecule has 12 nitrogen and oxygen atoms in total. The number of hydrazone groups is 1. The van der Waals surface area contributed by atoms with E-state index in [0.29, 0.717) is 23.7 Å². The summed E-state index contributed by atoms with van der Waals surface area (Å²) in [4.78, 5) is 46.7. The number of nitro benzene ring substituents is 2. The van der Waals surface area contributed by atoms with Gasteiger partial charge in [0.15, 0.2) is 0 Å². The number of nitrogens with one attached hydrogen (secondary N) is 2. The number of amides is 2. The first-order valence-corrected chi connectivity index (χ1v) is 13.3. The Morgan fingerprint density at radius 1 is 1.00 bits per heavy atom. The van der Waals surface area contributed by atoms with Crippen molar-refractivity contribution in [3.05, 3.63) is 110 Å². The van der Waals surface area contributed by atoms with E-state index in [4.69, 9.17) is 4.74 Å². The first-order chi connectivity index (χ1) is 19.3. The van der Waals surface area contributed by atoms with Crippen LogP contribution in [0.1, 0.15) is 34.8 Å². The number of carbonyl (C=O) groups is 2. The van der Waals surface area contributed by atoms with Crippen molar-refractivity contribution in [2.24, 2.45) is 5.10 Å². The first kappa shape index (κ1) is 29.8. The summed E-state index contributed by atoms with van der Waals surface area (Å²) in [6, 6.07) is 18.1. The molecule has 3 aromatic carbocycles. The summed E-state index contributed by atoms with van der Waals surface area (Å²) >= 11 is 1.38. The molecular formula is C27H27N5O7S. The largest absolute Gasteiger partial charge is 0.494 e.